The van der Waals surface area contributed by atoms with E-state index in [4.69, 9.17) is 0 Å². The lowest BCUT2D eigenvalue weighted by Crippen LogP contribution is -2.29. The van der Waals surface area contributed by atoms with Crippen LogP contribution in [0.3, 0.4) is 0 Å². The number of anilines is 1. The van der Waals surface area contributed by atoms with Crippen LogP contribution in [-0.2, 0) is 0 Å². The molecule has 3 rings (SSSR count). The predicted molar refractivity (Wildman–Crippen MR) is 92.6 cm³/mol. The zero-order valence-corrected chi connectivity index (χ0v) is 14.1. The number of benzene rings is 1. The maximum Gasteiger partial charge on any atom is 0.189 e. The molecule has 0 bridgehead atoms. The normalized spacial score (nSPS) is 18.0. The van der Waals surface area contributed by atoms with Crippen molar-refractivity contribution < 1.29 is 8.78 Å². The number of halogens is 2. The molecule has 1 saturated heterocycles. The van der Waals surface area contributed by atoms with Gasteiger partial charge in [0, 0.05) is 31.9 Å². The number of nitrogens with zero attached hydrogens (tertiary/aromatic N) is 2. The third-order valence-corrected chi connectivity index (χ3v) is 4.70. The molecule has 24 heavy (non-hydrogen) atoms. The van der Waals surface area contributed by atoms with E-state index >= 15 is 0 Å². The van der Waals surface area contributed by atoms with Crippen molar-refractivity contribution in [1.82, 2.24) is 9.88 Å². The van der Waals surface area contributed by atoms with E-state index in [1.54, 1.807) is 4.90 Å². The standard InChI is InChI=1S/C18H23F2N3O/c1-3-7-22(2)10-12-5-8-23(11-12)18-14(19)9-13-15(24)4-6-21-17(13)16(18)20/h4,6,9,12H,3,5,7-8,10-11H2,1-2H3,(H,21,24). The molecule has 0 spiro atoms. The number of fused-ring (bicyclic) bond motifs is 1. The summed E-state index contributed by atoms with van der Waals surface area (Å²) in [6.45, 7) is 5.35. The number of hydrogen-bond donors (Lipinski definition) is 1. The maximum absolute atomic E-state index is 14.8. The van der Waals surface area contributed by atoms with Crippen LogP contribution < -0.4 is 10.3 Å². The van der Waals surface area contributed by atoms with Gasteiger partial charge in [-0.15, -0.1) is 0 Å². The summed E-state index contributed by atoms with van der Waals surface area (Å²) in [5, 5.41) is 0.0506. The molecule has 0 aliphatic carbocycles. The lowest BCUT2D eigenvalue weighted by Gasteiger charge is -2.23. The average molecular weight is 335 g/mol. The zero-order valence-electron chi connectivity index (χ0n) is 14.1. The van der Waals surface area contributed by atoms with Crippen molar-refractivity contribution in [3.05, 3.63) is 40.2 Å². The highest BCUT2D eigenvalue weighted by molar-refractivity contribution is 5.83. The first-order chi connectivity index (χ1) is 11.5. The second-order valence-corrected chi connectivity index (χ2v) is 6.65. The number of H-pyrrole nitrogens is 1. The van der Waals surface area contributed by atoms with E-state index < -0.39 is 11.6 Å². The van der Waals surface area contributed by atoms with Crippen molar-refractivity contribution >= 4 is 16.6 Å². The molecule has 1 aromatic heterocycles. The Labute approximate surface area is 140 Å². The quantitative estimate of drug-likeness (QED) is 0.913. The Hall–Kier alpha value is -1.95. The number of aromatic nitrogens is 1. The minimum atomic E-state index is -0.676. The Morgan fingerprint density at radius 3 is 2.96 bits per heavy atom. The minimum Gasteiger partial charge on any atom is -0.366 e. The summed E-state index contributed by atoms with van der Waals surface area (Å²) in [5.74, 6) is -0.949. The van der Waals surface area contributed by atoms with E-state index in [2.05, 4.69) is 23.9 Å². The van der Waals surface area contributed by atoms with Crippen LogP contribution in [0.4, 0.5) is 14.5 Å². The fourth-order valence-electron chi connectivity index (χ4n) is 3.62. The summed E-state index contributed by atoms with van der Waals surface area (Å²) in [4.78, 5) is 18.5. The topological polar surface area (TPSA) is 39.3 Å². The van der Waals surface area contributed by atoms with Crippen LogP contribution in [0.2, 0.25) is 0 Å². The number of rotatable bonds is 5. The van der Waals surface area contributed by atoms with Crippen LogP contribution in [0.1, 0.15) is 19.8 Å². The third-order valence-electron chi connectivity index (χ3n) is 4.70. The maximum atomic E-state index is 14.8. The van der Waals surface area contributed by atoms with Crippen molar-refractivity contribution in [2.24, 2.45) is 5.92 Å². The van der Waals surface area contributed by atoms with E-state index in [-0.39, 0.29) is 22.0 Å². The number of hydrogen-bond acceptors (Lipinski definition) is 3. The van der Waals surface area contributed by atoms with Gasteiger partial charge in [-0.2, -0.15) is 0 Å². The van der Waals surface area contributed by atoms with E-state index in [1.165, 1.54) is 12.3 Å². The monoisotopic (exact) mass is 335 g/mol. The molecule has 1 N–H and O–H groups in total. The molecule has 1 atom stereocenters. The van der Waals surface area contributed by atoms with Crippen molar-refractivity contribution in [3.63, 3.8) is 0 Å². The molecule has 4 nitrogen and oxygen atoms in total. The van der Waals surface area contributed by atoms with E-state index in [0.717, 1.165) is 32.0 Å². The summed E-state index contributed by atoms with van der Waals surface area (Å²) in [6.07, 6.45) is 3.40. The van der Waals surface area contributed by atoms with Crippen LogP contribution in [-0.4, -0.2) is 43.1 Å². The molecular formula is C18H23F2N3O. The van der Waals surface area contributed by atoms with Gasteiger partial charge < -0.3 is 14.8 Å². The second kappa shape index (κ2) is 6.89. The Balaban J connectivity index is 1.87. The molecule has 0 amide bonds. The number of nitrogens with one attached hydrogen (secondary N) is 1. The molecule has 0 radical (unpaired) electrons. The first-order valence-corrected chi connectivity index (χ1v) is 8.44. The van der Waals surface area contributed by atoms with Crippen LogP contribution in [0.5, 0.6) is 0 Å². The van der Waals surface area contributed by atoms with E-state index in [0.29, 0.717) is 19.0 Å². The van der Waals surface area contributed by atoms with Crippen molar-refractivity contribution in [2.45, 2.75) is 19.8 Å². The molecule has 1 aromatic carbocycles. The molecule has 1 unspecified atom stereocenters. The van der Waals surface area contributed by atoms with E-state index in [9.17, 15) is 13.6 Å². The molecular weight excluding hydrogens is 312 g/mol. The minimum absolute atomic E-state index is 0.0232. The Kier molecular flexibility index (Phi) is 4.85. The highest BCUT2D eigenvalue weighted by atomic mass is 19.1. The predicted octanol–water partition coefficient (Wildman–Crippen LogP) is 2.97. The van der Waals surface area contributed by atoms with E-state index in [1.807, 2.05) is 0 Å². The van der Waals surface area contributed by atoms with Gasteiger partial charge in [0.1, 0.15) is 11.5 Å². The highest BCUT2D eigenvalue weighted by Gasteiger charge is 2.28. The Morgan fingerprint density at radius 1 is 1.42 bits per heavy atom. The number of pyridine rings is 1. The summed E-state index contributed by atoms with van der Waals surface area (Å²) >= 11 is 0. The Bertz CT molecular complexity index is 790. The smallest absolute Gasteiger partial charge is 0.189 e. The zero-order chi connectivity index (χ0) is 17.3. The summed E-state index contributed by atoms with van der Waals surface area (Å²) in [6, 6.07) is 2.42. The van der Waals surface area contributed by atoms with Gasteiger partial charge in [0.05, 0.1) is 10.9 Å². The van der Waals surface area contributed by atoms with Gasteiger partial charge in [-0.05, 0) is 38.4 Å². The largest absolute Gasteiger partial charge is 0.366 e. The van der Waals surface area contributed by atoms with Crippen molar-refractivity contribution in [1.29, 1.82) is 0 Å². The molecule has 1 fully saturated rings. The van der Waals surface area contributed by atoms with Gasteiger partial charge in [-0.3, -0.25) is 4.79 Å². The first kappa shape index (κ1) is 16.9. The van der Waals surface area contributed by atoms with Crippen molar-refractivity contribution in [2.75, 3.05) is 38.1 Å². The summed E-state index contributed by atoms with van der Waals surface area (Å²) in [5.41, 5.74) is -0.330. The van der Waals surface area contributed by atoms with Gasteiger partial charge in [0.25, 0.3) is 0 Å². The lowest BCUT2D eigenvalue weighted by molar-refractivity contribution is 0.287. The van der Waals surface area contributed by atoms with Gasteiger partial charge in [0.2, 0.25) is 0 Å². The highest BCUT2D eigenvalue weighted by Crippen LogP contribution is 2.32. The molecule has 1 aliphatic rings. The molecule has 130 valence electrons. The molecule has 2 heterocycles. The molecule has 1 aliphatic heterocycles. The average Bonchev–Trinajstić information content (AvgIpc) is 2.97. The fourth-order valence-corrected chi connectivity index (χ4v) is 3.62. The number of aromatic amines is 1. The molecule has 0 saturated carbocycles. The van der Waals surface area contributed by atoms with Gasteiger partial charge in [-0.1, -0.05) is 6.92 Å². The molecule has 6 heteroatoms. The second-order valence-electron chi connectivity index (χ2n) is 6.65. The summed E-state index contributed by atoms with van der Waals surface area (Å²) < 4.78 is 29.3. The van der Waals surface area contributed by atoms with Crippen LogP contribution >= 0.6 is 0 Å². The van der Waals surface area contributed by atoms with Crippen molar-refractivity contribution in [3.8, 4) is 0 Å². The van der Waals surface area contributed by atoms with Gasteiger partial charge in [-0.25, -0.2) is 8.78 Å². The third kappa shape index (κ3) is 3.15. The SMILES string of the molecule is CCCN(C)CC1CCN(c2c(F)cc3c(=O)cc[nH]c3c2F)C1. The summed E-state index contributed by atoms with van der Waals surface area (Å²) in [7, 11) is 2.08. The van der Waals surface area contributed by atoms with Crippen LogP contribution in [0, 0.1) is 17.6 Å². The molecule has 2 aromatic rings. The lowest BCUT2D eigenvalue weighted by atomic mass is 10.1. The first-order valence-electron chi connectivity index (χ1n) is 8.44. The van der Waals surface area contributed by atoms with Gasteiger partial charge >= 0.3 is 0 Å². The van der Waals surface area contributed by atoms with Crippen LogP contribution in [0.25, 0.3) is 10.9 Å². The fraction of sp³-hybridized carbons (Fsp3) is 0.500. The van der Waals surface area contributed by atoms with Crippen LogP contribution in [0.15, 0.2) is 23.1 Å². The Morgan fingerprint density at radius 2 is 2.21 bits per heavy atom. The van der Waals surface area contributed by atoms with Gasteiger partial charge in [0.15, 0.2) is 11.2 Å².